The van der Waals surface area contributed by atoms with Crippen LogP contribution in [0.4, 0.5) is 0 Å². The molecule has 0 nitrogen and oxygen atoms in total. The van der Waals surface area contributed by atoms with E-state index in [0.717, 1.165) is 12.8 Å². The molecule has 1 aliphatic carbocycles. The van der Waals surface area contributed by atoms with Crippen molar-refractivity contribution in [2.24, 2.45) is 0 Å². The fourth-order valence-electron chi connectivity index (χ4n) is 2.14. The Balaban J connectivity index is 2.99. The summed E-state index contributed by atoms with van der Waals surface area (Å²) in [6, 6.07) is 0. The molecule has 0 aromatic heterocycles. The lowest BCUT2D eigenvalue weighted by Crippen LogP contribution is -1.94. The lowest BCUT2D eigenvalue weighted by atomic mass is 9.92. The van der Waals surface area contributed by atoms with Gasteiger partial charge in [-0.1, -0.05) is 35.5 Å². The van der Waals surface area contributed by atoms with Crippen LogP contribution in [0.2, 0.25) is 0 Å². The van der Waals surface area contributed by atoms with Gasteiger partial charge in [0.2, 0.25) is 0 Å². The smallest absolute Gasteiger partial charge is 0.00729 e. The van der Waals surface area contributed by atoms with Crippen molar-refractivity contribution < 1.29 is 0 Å². The van der Waals surface area contributed by atoms with Crippen molar-refractivity contribution in [2.75, 3.05) is 0 Å². The monoisotopic (exact) mass is 216 g/mol. The molecular weight excluding hydrogens is 192 g/mol. The van der Waals surface area contributed by atoms with Gasteiger partial charge in [0, 0.05) is 0 Å². The molecule has 1 aliphatic rings. The zero-order chi connectivity index (χ0) is 12.1. The van der Waals surface area contributed by atoms with Gasteiger partial charge < -0.3 is 0 Å². The molecule has 0 amide bonds. The summed E-state index contributed by atoms with van der Waals surface area (Å²) in [6.07, 6.45) is 9.18. The van der Waals surface area contributed by atoms with Crippen LogP contribution in [0.5, 0.6) is 0 Å². The highest BCUT2D eigenvalue weighted by Crippen LogP contribution is 2.26. The van der Waals surface area contributed by atoms with Gasteiger partial charge in [-0.15, -0.1) is 0 Å². The number of hydrogen-bond donors (Lipinski definition) is 0. The molecule has 16 heavy (non-hydrogen) atoms. The zero-order valence-electron chi connectivity index (χ0n) is 11.2. The molecule has 0 saturated carbocycles. The van der Waals surface area contributed by atoms with Gasteiger partial charge in [0.25, 0.3) is 0 Å². The second-order valence-corrected chi connectivity index (χ2v) is 5.10. The number of hydrogen-bond acceptors (Lipinski definition) is 0. The summed E-state index contributed by atoms with van der Waals surface area (Å²) in [6.45, 7) is 13.1. The lowest BCUT2D eigenvalue weighted by molar-refractivity contribution is 0.926. The number of rotatable bonds is 0. The Bertz CT molecular complexity index is 357. The first-order chi connectivity index (χ1) is 7.50. The Kier molecular flexibility index (Phi) is 4.79. The Morgan fingerprint density at radius 1 is 1.12 bits per heavy atom. The standard InChI is InChI=1S/C16H24/c1-12(2)16-10-9-13(3)7-6-8-14(4)11-15(16)5/h8-9H,5-7,10-11H2,1-4H3/b13-9+,14-8+. The third-order valence-electron chi connectivity index (χ3n) is 3.21. The summed E-state index contributed by atoms with van der Waals surface area (Å²) in [7, 11) is 0. The van der Waals surface area contributed by atoms with E-state index in [2.05, 4.69) is 46.4 Å². The fraction of sp³-hybridized carbons (Fsp3) is 0.500. The molecule has 0 fully saturated rings. The van der Waals surface area contributed by atoms with Crippen LogP contribution in [0.15, 0.2) is 46.6 Å². The van der Waals surface area contributed by atoms with Gasteiger partial charge >= 0.3 is 0 Å². The van der Waals surface area contributed by atoms with E-state index in [4.69, 9.17) is 0 Å². The van der Waals surface area contributed by atoms with Crippen molar-refractivity contribution >= 4 is 0 Å². The van der Waals surface area contributed by atoms with Crippen LogP contribution in [0, 0.1) is 0 Å². The van der Waals surface area contributed by atoms with Crippen molar-refractivity contribution in [1.82, 2.24) is 0 Å². The SMILES string of the molecule is C=C1C/C(C)=C/CC/C(C)=C/CC1=C(C)C. The lowest BCUT2D eigenvalue weighted by Gasteiger charge is -2.14. The first-order valence-corrected chi connectivity index (χ1v) is 6.16. The van der Waals surface area contributed by atoms with E-state index < -0.39 is 0 Å². The Labute approximate surface area is 100 Å². The summed E-state index contributed by atoms with van der Waals surface area (Å²) in [5, 5.41) is 0. The molecular formula is C16H24. The van der Waals surface area contributed by atoms with E-state index in [0.29, 0.717) is 0 Å². The number of allylic oxidation sites excluding steroid dienone is 7. The molecule has 0 aromatic carbocycles. The first kappa shape index (κ1) is 13.0. The van der Waals surface area contributed by atoms with Gasteiger partial charge in [-0.3, -0.25) is 0 Å². The van der Waals surface area contributed by atoms with Crippen molar-refractivity contribution in [3.05, 3.63) is 46.6 Å². The van der Waals surface area contributed by atoms with Crippen molar-refractivity contribution in [1.29, 1.82) is 0 Å². The van der Waals surface area contributed by atoms with Gasteiger partial charge in [0.15, 0.2) is 0 Å². The highest BCUT2D eigenvalue weighted by molar-refractivity contribution is 5.37. The molecule has 0 saturated heterocycles. The first-order valence-electron chi connectivity index (χ1n) is 6.16. The van der Waals surface area contributed by atoms with E-state index in [9.17, 15) is 0 Å². The van der Waals surface area contributed by atoms with Crippen LogP contribution in [-0.4, -0.2) is 0 Å². The molecule has 1 rings (SSSR count). The van der Waals surface area contributed by atoms with E-state index >= 15 is 0 Å². The van der Waals surface area contributed by atoms with Crippen LogP contribution in [0.25, 0.3) is 0 Å². The minimum absolute atomic E-state index is 1.04. The molecule has 88 valence electrons. The van der Waals surface area contributed by atoms with Crippen molar-refractivity contribution in [2.45, 2.75) is 53.4 Å². The van der Waals surface area contributed by atoms with Crippen LogP contribution in [-0.2, 0) is 0 Å². The Morgan fingerprint density at radius 3 is 2.44 bits per heavy atom. The second-order valence-electron chi connectivity index (χ2n) is 5.10. The summed E-state index contributed by atoms with van der Waals surface area (Å²) in [5.74, 6) is 0. The van der Waals surface area contributed by atoms with E-state index in [1.54, 1.807) is 0 Å². The molecule has 0 aliphatic heterocycles. The van der Waals surface area contributed by atoms with Gasteiger partial charge in [-0.2, -0.15) is 0 Å². The minimum Gasteiger partial charge on any atom is -0.0952 e. The van der Waals surface area contributed by atoms with E-state index in [1.165, 1.54) is 40.7 Å². The molecule has 0 bridgehead atoms. The average molecular weight is 216 g/mol. The quantitative estimate of drug-likeness (QED) is 0.479. The molecule has 0 atom stereocenters. The predicted molar refractivity (Wildman–Crippen MR) is 73.5 cm³/mol. The molecule has 0 unspecified atom stereocenters. The van der Waals surface area contributed by atoms with E-state index in [1.807, 2.05) is 0 Å². The van der Waals surface area contributed by atoms with Gasteiger partial charge in [-0.05, 0) is 64.5 Å². The Hall–Kier alpha value is -1.04. The fourth-order valence-corrected chi connectivity index (χ4v) is 2.14. The van der Waals surface area contributed by atoms with Crippen molar-refractivity contribution in [3.8, 4) is 0 Å². The predicted octanol–water partition coefficient (Wildman–Crippen LogP) is 5.35. The zero-order valence-corrected chi connectivity index (χ0v) is 11.2. The molecule has 0 heteroatoms. The molecule has 0 radical (unpaired) electrons. The Morgan fingerprint density at radius 2 is 1.81 bits per heavy atom. The normalized spacial score (nSPS) is 25.5. The third kappa shape index (κ3) is 3.84. The largest absolute Gasteiger partial charge is 0.0952 e. The summed E-state index contributed by atoms with van der Waals surface area (Å²) < 4.78 is 0. The van der Waals surface area contributed by atoms with Crippen LogP contribution >= 0.6 is 0 Å². The average Bonchev–Trinajstić information content (AvgIpc) is 2.16. The van der Waals surface area contributed by atoms with Crippen molar-refractivity contribution in [3.63, 3.8) is 0 Å². The molecule has 0 N–H and O–H groups in total. The van der Waals surface area contributed by atoms with Crippen LogP contribution in [0.3, 0.4) is 0 Å². The molecule has 0 aromatic rings. The summed E-state index contributed by atoms with van der Waals surface area (Å²) in [4.78, 5) is 0. The minimum atomic E-state index is 1.04. The van der Waals surface area contributed by atoms with Gasteiger partial charge in [0.1, 0.15) is 0 Å². The summed E-state index contributed by atoms with van der Waals surface area (Å²) in [5.41, 5.74) is 7.09. The van der Waals surface area contributed by atoms with Crippen LogP contribution < -0.4 is 0 Å². The maximum absolute atomic E-state index is 4.24. The van der Waals surface area contributed by atoms with E-state index in [-0.39, 0.29) is 0 Å². The molecule has 0 spiro atoms. The summed E-state index contributed by atoms with van der Waals surface area (Å²) >= 11 is 0. The topological polar surface area (TPSA) is 0 Å². The van der Waals surface area contributed by atoms with Gasteiger partial charge in [0.05, 0.1) is 0 Å². The maximum atomic E-state index is 4.24. The highest BCUT2D eigenvalue weighted by atomic mass is 14.1. The third-order valence-corrected chi connectivity index (χ3v) is 3.21. The molecule has 0 heterocycles. The second kappa shape index (κ2) is 5.89. The maximum Gasteiger partial charge on any atom is -0.00729 e. The van der Waals surface area contributed by atoms with Gasteiger partial charge in [-0.25, -0.2) is 0 Å². The van der Waals surface area contributed by atoms with Crippen LogP contribution in [0.1, 0.15) is 53.4 Å². The highest BCUT2D eigenvalue weighted by Gasteiger charge is 2.06.